The van der Waals surface area contributed by atoms with Crippen LogP contribution in [0.4, 0.5) is 26.3 Å². The zero-order chi connectivity index (χ0) is 17.5. The Morgan fingerprint density at radius 2 is 1.74 bits per heavy atom. The average Bonchev–Trinajstić information content (AvgIpc) is 2.89. The van der Waals surface area contributed by atoms with Gasteiger partial charge in [0.25, 0.3) is 0 Å². The van der Waals surface area contributed by atoms with Gasteiger partial charge >= 0.3 is 21.8 Å². The number of hydrogen-bond acceptors (Lipinski definition) is 5. The molecule has 0 amide bonds. The van der Waals surface area contributed by atoms with Crippen molar-refractivity contribution in [3.63, 3.8) is 0 Å². The van der Waals surface area contributed by atoms with Crippen LogP contribution in [0.25, 0.3) is 11.3 Å². The van der Waals surface area contributed by atoms with Crippen LogP contribution >= 0.6 is 0 Å². The molecule has 2 aromatic rings. The molecule has 2 aromatic heterocycles. The molecule has 0 aliphatic carbocycles. The molecule has 0 N–H and O–H groups in total. The maximum absolute atomic E-state index is 12.7. The summed E-state index contributed by atoms with van der Waals surface area (Å²) in [7, 11) is -6.16. The molecule has 0 unspecified atom stereocenters. The van der Waals surface area contributed by atoms with Gasteiger partial charge in [-0.2, -0.15) is 34.8 Å². The Bertz CT molecular complexity index is 795. The van der Waals surface area contributed by atoms with Crippen LogP contribution in [0.3, 0.4) is 0 Å². The van der Waals surface area contributed by atoms with Crippen molar-refractivity contribution in [1.82, 2.24) is 4.98 Å². The second-order valence-electron chi connectivity index (χ2n) is 4.04. The lowest BCUT2D eigenvalue weighted by Gasteiger charge is -2.12. The first-order valence-electron chi connectivity index (χ1n) is 5.54. The molecule has 0 saturated heterocycles. The van der Waals surface area contributed by atoms with Crippen LogP contribution in [0.5, 0.6) is 5.88 Å². The van der Waals surface area contributed by atoms with Gasteiger partial charge < -0.3 is 8.60 Å². The molecule has 0 radical (unpaired) electrons. The number of aromatic nitrogens is 1. The van der Waals surface area contributed by atoms with Crippen LogP contribution in [-0.4, -0.2) is 18.9 Å². The Morgan fingerprint density at radius 1 is 1.09 bits per heavy atom. The van der Waals surface area contributed by atoms with Crippen molar-refractivity contribution in [2.45, 2.75) is 11.7 Å². The van der Waals surface area contributed by atoms with Gasteiger partial charge in [-0.15, -0.1) is 0 Å². The van der Waals surface area contributed by atoms with E-state index in [0.717, 1.165) is 6.26 Å². The van der Waals surface area contributed by atoms with Gasteiger partial charge in [-0.05, 0) is 18.2 Å². The maximum Gasteiger partial charge on any atom is 0.534 e. The van der Waals surface area contributed by atoms with Crippen molar-refractivity contribution in [1.29, 1.82) is 0 Å². The monoisotopic (exact) mass is 361 g/mol. The third-order valence-corrected chi connectivity index (χ3v) is 3.33. The summed E-state index contributed by atoms with van der Waals surface area (Å²) < 4.78 is 105. The lowest BCUT2D eigenvalue weighted by atomic mass is 10.2. The van der Waals surface area contributed by atoms with E-state index in [1.165, 1.54) is 12.1 Å². The van der Waals surface area contributed by atoms with Gasteiger partial charge in [0.2, 0.25) is 5.88 Å². The largest absolute Gasteiger partial charge is 0.534 e. The van der Waals surface area contributed by atoms with Gasteiger partial charge in [0, 0.05) is 11.6 Å². The summed E-state index contributed by atoms with van der Waals surface area (Å²) in [5.41, 5.74) is -7.81. The van der Waals surface area contributed by atoms with Gasteiger partial charge in [0.15, 0.2) is 0 Å². The Kier molecular flexibility index (Phi) is 4.05. The number of nitrogens with zero attached hydrogens (tertiary/aromatic N) is 1. The molecule has 0 spiro atoms. The number of rotatable bonds is 3. The highest BCUT2D eigenvalue weighted by atomic mass is 32.2. The van der Waals surface area contributed by atoms with Crippen molar-refractivity contribution in [3.05, 3.63) is 36.2 Å². The molecule has 2 rings (SSSR count). The molecule has 2 heterocycles. The maximum atomic E-state index is 12.7. The summed E-state index contributed by atoms with van der Waals surface area (Å²) in [5.74, 6) is -1.53. The first-order valence-corrected chi connectivity index (χ1v) is 6.95. The first kappa shape index (κ1) is 17.1. The zero-order valence-corrected chi connectivity index (χ0v) is 11.5. The number of halogens is 6. The Labute approximate surface area is 124 Å². The summed E-state index contributed by atoms with van der Waals surface area (Å²) in [6.45, 7) is 0. The smallest absolute Gasteiger partial charge is 0.464 e. The predicted molar refractivity (Wildman–Crippen MR) is 62.5 cm³/mol. The highest BCUT2D eigenvalue weighted by Gasteiger charge is 2.49. The van der Waals surface area contributed by atoms with E-state index in [2.05, 4.69) is 9.17 Å². The fourth-order valence-corrected chi connectivity index (χ4v) is 1.84. The molecule has 0 saturated carbocycles. The van der Waals surface area contributed by atoms with Crippen molar-refractivity contribution in [3.8, 4) is 17.2 Å². The predicted octanol–water partition coefficient (Wildman–Crippen LogP) is 3.59. The van der Waals surface area contributed by atoms with Crippen molar-refractivity contribution >= 4 is 10.1 Å². The summed E-state index contributed by atoms with van der Waals surface area (Å²) in [6, 6.07) is 3.59. The lowest BCUT2D eigenvalue weighted by molar-refractivity contribution is -0.141. The van der Waals surface area contributed by atoms with E-state index < -0.39 is 33.4 Å². The Balaban J connectivity index is 2.54. The van der Waals surface area contributed by atoms with Crippen LogP contribution in [0, 0.1) is 0 Å². The summed E-state index contributed by atoms with van der Waals surface area (Å²) in [6.07, 6.45) is -3.93. The van der Waals surface area contributed by atoms with Gasteiger partial charge in [0.05, 0.1) is 6.26 Å². The van der Waals surface area contributed by atoms with E-state index in [1.54, 1.807) is 0 Å². The molecule has 12 heteroatoms. The number of furan rings is 1. The van der Waals surface area contributed by atoms with E-state index in [0.29, 0.717) is 12.1 Å². The Hall–Kier alpha value is -2.24. The van der Waals surface area contributed by atoms with Crippen LogP contribution < -0.4 is 4.18 Å². The SMILES string of the molecule is O=S(=O)(Oc1cc(-c2ccco2)cc(C(F)(F)F)n1)C(F)(F)F. The van der Waals surface area contributed by atoms with E-state index in [1.807, 2.05) is 0 Å². The van der Waals surface area contributed by atoms with Crippen LogP contribution in [0.15, 0.2) is 34.9 Å². The quantitative estimate of drug-likeness (QED) is 0.475. The molecular weight excluding hydrogens is 356 g/mol. The fraction of sp³-hybridized carbons (Fsp3) is 0.182. The number of pyridine rings is 1. The van der Waals surface area contributed by atoms with Gasteiger partial charge in [-0.3, -0.25) is 0 Å². The second kappa shape index (κ2) is 5.44. The molecule has 126 valence electrons. The van der Waals surface area contributed by atoms with Crippen molar-refractivity contribution in [2.24, 2.45) is 0 Å². The van der Waals surface area contributed by atoms with Crippen LogP contribution in [0.2, 0.25) is 0 Å². The van der Waals surface area contributed by atoms with E-state index >= 15 is 0 Å². The van der Waals surface area contributed by atoms with E-state index in [9.17, 15) is 34.8 Å². The standard InChI is InChI=1S/C11H5F6NO4S/c12-10(13,14)8-4-6(7-2-1-3-21-7)5-9(18-8)22-23(19,20)11(15,16)17/h1-5H. The highest BCUT2D eigenvalue weighted by molar-refractivity contribution is 7.87. The number of alkyl halides is 6. The first-order chi connectivity index (χ1) is 10.4. The number of hydrogen-bond donors (Lipinski definition) is 0. The minimum Gasteiger partial charge on any atom is -0.464 e. The molecule has 0 aromatic carbocycles. The van der Waals surface area contributed by atoms with Crippen molar-refractivity contribution in [2.75, 3.05) is 0 Å². The molecular formula is C11H5F6NO4S. The van der Waals surface area contributed by atoms with Gasteiger partial charge in [0.1, 0.15) is 11.5 Å². The van der Waals surface area contributed by atoms with E-state index in [-0.39, 0.29) is 11.3 Å². The third kappa shape index (κ3) is 3.75. The normalized spacial score (nSPS) is 13.1. The van der Waals surface area contributed by atoms with Crippen molar-refractivity contribution < 1.29 is 43.4 Å². The minimum atomic E-state index is -6.16. The fourth-order valence-electron chi connectivity index (χ4n) is 1.44. The molecule has 0 atom stereocenters. The molecule has 5 nitrogen and oxygen atoms in total. The van der Waals surface area contributed by atoms with Gasteiger partial charge in [-0.1, -0.05) is 0 Å². The van der Waals surface area contributed by atoms with Gasteiger partial charge in [-0.25, -0.2) is 4.98 Å². The summed E-state index contributed by atoms with van der Waals surface area (Å²) >= 11 is 0. The molecule has 23 heavy (non-hydrogen) atoms. The molecule has 0 aliphatic heterocycles. The Morgan fingerprint density at radius 3 is 2.22 bits per heavy atom. The second-order valence-corrected chi connectivity index (χ2v) is 5.58. The van der Waals surface area contributed by atoms with Crippen LogP contribution in [-0.2, 0) is 16.3 Å². The lowest BCUT2D eigenvalue weighted by Crippen LogP contribution is -2.28. The molecule has 0 fully saturated rings. The molecule has 0 aliphatic rings. The summed E-state index contributed by atoms with van der Waals surface area (Å²) in [5, 5.41) is 0. The van der Waals surface area contributed by atoms with E-state index in [4.69, 9.17) is 4.42 Å². The highest BCUT2D eigenvalue weighted by Crippen LogP contribution is 2.35. The average molecular weight is 361 g/mol. The minimum absolute atomic E-state index is 0.146. The van der Waals surface area contributed by atoms with Crippen LogP contribution in [0.1, 0.15) is 5.69 Å². The third-order valence-electron chi connectivity index (χ3n) is 2.38. The molecule has 0 bridgehead atoms. The zero-order valence-electron chi connectivity index (χ0n) is 10.6. The topological polar surface area (TPSA) is 69.4 Å². The summed E-state index contributed by atoms with van der Waals surface area (Å²) in [4.78, 5) is 2.75.